The molecule has 0 spiro atoms. The molecule has 1 N–H and O–H groups in total. The molecule has 2 aromatic rings. The summed E-state index contributed by atoms with van der Waals surface area (Å²) in [5.74, 6) is 1.72. The van der Waals surface area contributed by atoms with Gasteiger partial charge in [0.05, 0.1) is 14.2 Å². The van der Waals surface area contributed by atoms with Crippen LogP contribution in [0.25, 0.3) is 0 Å². The number of methoxy groups -OCH3 is 2. The second kappa shape index (κ2) is 9.05. The zero-order valence-electron chi connectivity index (χ0n) is 16.5. The van der Waals surface area contributed by atoms with Crippen molar-refractivity contribution in [2.45, 2.75) is 33.2 Å². The van der Waals surface area contributed by atoms with E-state index in [4.69, 9.17) is 14.5 Å². The second-order valence-corrected chi connectivity index (χ2v) is 9.03. The molecule has 0 unspecified atom stereocenters. The zero-order chi connectivity index (χ0) is 19.2. The molecular formula is C21H29N2O2P. The minimum Gasteiger partial charge on any atom is -0.497 e. The highest BCUT2D eigenvalue weighted by Gasteiger charge is 2.24. The van der Waals surface area contributed by atoms with Crippen molar-refractivity contribution in [2.24, 2.45) is 4.99 Å². The number of nitrogens with zero attached hydrogens (tertiary/aromatic N) is 1. The standard InChI is InChI=1S/C21H29N2O2P/c1-7-22-20(23-21(2,3)4)26(18-12-8-16(24-5)9-13-18)19-14-10-17(25-6)11-15-19/h8-15H,7H2,1-6H3,(H,22,23). The van der Waals surface area contributed by atoms with Crippen molar-refractivity contribution in [3.05, 3.63) is 48.5 Å². The molecule has 0 aromatic heterocycles. The van der Waals surface area contributed by atoms with E-state index in [1.165, 1.54) is 10.6 Å². The molecule has 0 saturated heterocycles. The second-order valence-electron chi connectivity index (χ2n) is 6.90. The van der Waals surface area contributed by atoms with Gasteiger partial charge in [0.2, 0.25) is 0 Å². The fraction of sp³-hybridized carbons (Fsp3) is 0.381. The number of hydrogen-bond acceptors (Lipinski definition) is 3. The Morgan fingerprint density at radius 1 is 0.885 bits per heavy atom. The zero-order valence-corrected chi connectivity index (χ0v) is 17.4. The Bertz CT molecular complexity index is 672. The number of rotatable bonds is 6. The van der Waals surface area contributed by atoms with Gasteiger partial charge in [-0.3, -0.25) is 4.99 Å². The predicted molar refractivity (Wildman–Crippen MR) is 113 cm³/mol. The van der Waals surface area contributed by atoms with E-state index in [9.17, 15) is 0 Å². The van der Waals surface area contributed by atoms with Crippen molar-refractivity contribution >= 4 is 24.1 Å². The summed E-state index contributed by atoms with van der Waals surface area (Å²) < 4.78 is 10.6. The van der Waals surface area contributed by atoms with Crippen LogP contribution in [0.5, 0.6) is 11.5 Å². The topological polar surface area (TPSA) is 42.9 Å². The number of aliphatic imine (C=N–C) groups is 1. The Morgan fingerprint density at radius 3 is 1.62 bits per heavy atom. The maximum Gasteiger partial charge on any atom is 0.129 e. The van der Waals surface area contributed by atoms with E-state index in [-0.39, 0.29) is 5.54 Å². The van der Waals surface area contributed by atoms with Crippen molar-refractivity contribution < 1.29 is 9.47 Å². The molecule has 2 rings (SSSR count). The molecule has 4 nitrogen and oxygen atoms in total. The van der Waals surface area contributed by atoms with Crippen molar-refractivity contribution in [1.29, 1.82) is 0 Å². The fourth-order valence-corrected chi connectivity index (χ4v) is 4.92. The molecule has 0 aliphatic heterocycles. The Kier molecular flexibility index (Phi) is 7.05. The van der Waals surface area contributed by atoms with Gasteiger partial charge in [0, 0.05) is 20.0 Å². The number of hydrogen-bond donors (Lipinski definition) is 1. The molecule has 0 saturated carbocycles. The van der Waals surface area contributed by atoms with Crippen LogP contribution in [-0.2, 0) is 0 Å². The van der Waals surface area contributed by atoms with Crippen LogP contribution in [0.2, 0.25) is 0 Å². The Morgan fingerprint density at radius 2 is 1.31 bits per heavy atom. The number of benzene rings is 2. The molecule has 0 atom stereocenters. The average Bonchev–Trinajstić information content (AvgIpc) is 2.62. The molecule has 0 heterocycles. The lowest BCUT2D eigenvalue weighted by Crippen LogP contribution is -2.42. The number of nitrogens with one attached hydrogen (secondary N) is 1. The van der Waals surface area contributed by atoms with Gasteiger partial charge in [-0.1, -0.05) is 24.3 Å². The normalized spacial score (nSPS) is 12.2. The van der Waals surface area contributed by atoms with E-state index in [1.54, 1.807) is 14.2 Å². The first-order valence-electron chi connectivity index (χ1n) is 8.79. The first-order chi connectivity index (χ1) is 12.4. The summed E-state index contributed by atoms with van der Waals surface area (Å²) in [6.07, 6.45) is 0. The minimum atomic E-state index is -0.792. The van der Waals surface area contributed by atoms with Crippen molar-refractivity contribution in [3.63, 3.8) is 0 Å². The lowest BCUT2D eigenvalue weighted by molar-refractivity contribution is 0.415. The van der Waals surface area contributed by atoms with Crippen molar-refractivity contribution in [1.82, 2.24) is 5.32 Å². The third-order valence-electron chi connectivity index (χ3n) is 3.67. The van der Waals surface area contributed by atoms with E-state index in [2.05, 4.69) is 57.3 Å². The predicted octanol–water partition coefficient (Wildman–Crippen LogP) is 3.90. The van der Waals surface area contributed by atoms with Crippen molar-refractivity contribution in [2.75, 3.05) is 20.8 Å². The summed E-state index contributed by atoms with van der Waals surface area (Å²) in [5.41, 5.74) is 0.971. The van der Waals surface area contributed by atoms with Gasteiger partial charge in [0.25, 0.3) is 0 Å². The van der Waals surface area contributed by atoms with Crippen LogP contribution in [0.3, 0.4) is 0 Å². The Balaban J connectivity index is 2.52. The quantitative estimate of drug-likeness (QED) is 0.475. The summed E-state index contributed by atoms with van der Waals surface area (Å²) in [5, 5.41) is 6.09. The van der Waals surface area contributed by atoms with Gasteiger partial charge in [0.15, 0.2) is 0 Å². The van der Waals surface area contributed by atoms with Gasteiger partial charge in [0.1, 0.15) is 17.1 Å². The molecule has 5 heteroatoms. The van der Waals surface area contributed by atoms with E-state index in [1.807, 2.05) is 24.3 Å². The lowest BCUT2D eigenvalue weighted by Gasteiger charge is -2.29. The smallest absolute Gasteiger partial charge is 0.129 e. The number of amidine groups is 1. The van der Waals surface area contributed by atoms with Crippen LogP contribution in [0.1, 0.15) is 27.7 Å². The van der Waals surface area contributed by atoms with E-state index in [0.29, 0.717) is 0 Å². The summed E-state index contributed by atoms with van der Waals surface area (Å²) in [6.45, 7) is 9.29. The van der Waals surface area contributed by atoms with E-state index in [0.717, 1.165) is 23.6 Å². The minimum absolute atomic E-state index is 0.0620. The van der Waals surface area contributed by atoms with E-state index < -0.39 is 7.92 Å². The van der Waals surface area contributed by atoms with Gasteiger partial charge in [-0.25, -0.2) is 0 Å². The van der Waals surface area contributed by atoms with Crippen LogP contribution in [0.15, 0.2) is 53.5 Å². The third-order valence-corrected chi connectivity index (χ3v) is 5.97. The molecule has 2 aromatic carbocycles. The van der Waals surface area contributed by atoms with Crippen molar-refractivity contribution in [3.8, 4) is 11.5 Å². The van der Waals surface area contributed by atoms with Gasteiger partial charge in [-0.2, -0.15) is 0 Å². The van der Waals surface area contributed by atoms with Gasteiger partial charge in [-0.15, -0.1) is 0 Å². The molecule has 0 aliphatic rings. The largest absolute Gasteiger partial charge is 0.497 e. The highest BCUT2D eigenvalue weighted by atomic mass is 31.1. The van der Waals surface area contributed by atoms with E-state index >= 15 is 0 Å². The molecule has 0 aliphatic carbocycles. The Hall–Kier alpha value is -2.06. The molecule has 0 fully saturated rings. The molecule has 0 amide bonds. The lowest BCUT2D eigenvalue weighted by atomic mass is 10.1. The molecule has 26 heavy (non-hydrogen) atoms. The molecule has 0 radical (unpaired) electrons. The van der Waals surface area contributed by atoms with Gasteiger partial charge in [-0.05, 0) is 62.6 Å². The summed E-state index contributed by atoms with van der Waals surface area (Å²) in [7, 11) is 2.58. The SMILES string of the molecule is CCN=C(NC(C)(C)C)P(c1ccc(OC)cc1)c1ccc(OC)cc1. The molecule has 140 valence electrons. The van der Waals surface area contributed by atoms with Crippen LogP contribution < -0.4 is 25.4 Å². The summed E-state index contributed by atoms with van der Waals surface area (Å²) >= 11 is 0. The maximum absolute atomic E-state index is 5.32. The third kappa shape index (κ3) is 5.47. The van der Waals surface area contributed by atoms with Gasteiger partial charge >= 0.3 is 0 Å². The first kappa shape index (κ1) is 20.3. The van der Waals surface area contributed by atoms with Crippen LogP contribution in [0.4, 0.5) is 0 Å². The fourth-order valence-electron chi connectivity index (χ4n) is 2.51. The molecular weight excluding hydrogens is 343 g/mol. The van der Waals surface area contributed by atoms with Gasteiger partial charge < -0.3 is 14.8 Å². The van der Waals surface area contributed by atoms with Crippen LogP contribution in [-0.4, -0.2) is 31.9 Å². The maximum atomic E-state index is 5.32. The Labute approximate surface area is 158 Å². The first-order valence-corrected chi connectivity index (χ1v) is 10.1. The highest BCUT2D eigenvalue weighted by molar-refractivity contribution is 7.88. The summed E-state index contributed by atoms with van der Waals surface area (Å²) in [6, 6.07) is 16.6. The van der Waals surface area contributed by atoms with Crippen LogP contribution in [0, 0.1) is 0 Å². The average molecular weight is 372 g/mol. The number of ether oxygens (including phenoxy) is 2. The van der Waals surface area contributed by atoms with Crippen LogP contribution >= 0.6 is 7.92 Å². The molecule has 0 bridgehead atoms. The summed E-state index contributed by atoms with van der Waals surface area (Å²) in [4.78, 5) is 4.82. The highest BCUT2D eigenvalue weighted by Crippen LogP contribution is 2.36. The monoisotopic (exact) mass is 372 g/mol.